The van der Waals surface area contributed by atoms with Gasteiger partial charge in [-0.3, -0.25) is 14.6 Å². The van der Waals surface area contributed by atoms with Crippen molar-refractivity contribution >= 4 is 11.9 Å². The predicted molar refractivity (Wildman–Crippen MR) is 303 cm³/mol. The third-order valence-corrected chi connectivity index (χ3v) is 15.7. The maximum absolute atomic E-state index is 14.2. The Morgan fingerprint density at radius 3 is 1.96 bits per heavy atom. The summed E-state index contributed by atoms with van der Waals surface area (Å²) in [7, 11) is 0. The van der Waals surface area contributed by atoms with Gasteiger partial charge < -0.3 is 106 Å². The van der Waals surface area contributed by atoms with Gasteiger partial charge in [0.15, 0.2) is 12.1 Å². The van der Waals surface area contributed by atoms with Crippen molar-refractivity contribution in [2.75, 3.05) is 19.7 Å². The Morgan fingerprint density at radius 1 is 0.679 bits per heavy atom. The summed E-state index contributed by atoms with van der Waals surface area (Å²) < 4.78 is 29.5. The standard InChI is InChI=1S/C60H91N3O21/c1-35-19-15-13-11-9-7-5-6-8-10-12-14-16-21-43(83-58-55(75)51(53(73)38(4)82-58)63-34-60(79)56(76)54(74)47(70)33-80-60)30-48-50(57(77)62-26-24-39-20-17-18-25-61-39)46(69)32-59(78,84-48)31-42(66)28-45(68)44(67)23-22-40(64)27-41(65)29-49(71)81-37(3)36(2)52(35)72/h5-21,25,35-38,40-48,50-56,58,63-70,72-76,78-79H,22-24,26-34H2,1-4H3,(H,62,77)/t35-,36?,37-,38+,40+,41+,42-,43-,44+,45+,46-,47+,48?,50?,51-,52+,53+,54+,55-,56-,58-,59+,60+/m0/s1. The van der Waals surface area contributed by atoms with E-state index in [0.29, 0.717) is 12.1 Å². The summed E-state index contributed by atoms with van der Waals surface area (Å²) in [6, 6.07) is 3.93. The molecule has 0 saturated carbocycles. The minimum Gasteiger partial charge on any atom is -0.462 e. The Hall–Kier alpha value is -4.49. The molecular formula is C60H91N3O21. The number of cyclic esters (lactones) is 1. The molecular weight excluding hydrogens is 1100 g/mol. The molecule has 3 unspecified atom stereocenters. The second-order valence-corrected chi connectivity index (χ2v) is 22.6. The first-order chi connectivity index (χ1) is 39.8. The van der Waals surface area contributed by atoms with E-state index in [4.69, 9.17) is 23.7 Å². The summed E-state index contributed by atoms with van der Waals surface area (Å²) >= 11 is 0. The van der Waals surface area contributed by atoms with Crippen molar-refractivity contribution in [1.29, 1.82) is 0 Å². The summed E-state index contributed by atoms with van der Waals surface area (Å²) in [6.07, 6.45) is -1.43. The Labute approximate surface area is 490 Å². The number of allylic oxidation sites excluding steroid dienone is 12. The van der Waals surface area contributed by atoms with Crippen LogP contribution in [-0.4, -0.2) is 230 Å². The van der Waals surface area contributed by atoms with Crippen molar-refractivity contribution in [2.45, 2.75) is 207 Å². The van der Waals surface area contributed by atoms with Crippen molar-refractivity contribution in [2.24, 2.45) is 17.8 Å². The minimum absolute atomic E-state index is 0.0809. The van der Waals surface area contributed by atoms with E-state index in [9.17, 15) is 81.1 Å². The molecule has 1 aromatic heterocycles. The molecule has 2 bridgehead atoms. The Kier molecular flexibility index (Phi) is 28.6. The van der Waals surface area contributed by atoms with Crippen LogP contribution in [0.5, 0.6) is 0 Å². The molecule has 4 aliphatic rings. The molecule has 16 N–H and O–H groups in total. The van der Waals surface area contributed by atoms with Crippen molar-refractivity contribution in [1.82, 2.24) is 15.6 Å². The zero-order chi connectivity index (χ0) is 61.7. The van der Waals surface area contributed by atoms with Crippen LogP contribution in [0, 0.1) is 17.8 Å². The van der Waals surface area contributed by atoms with Gasteiger partial charge in [0.2, 0.25) is 11.7 Å². The number of esters is 1. The number of aliphatic hydroxyl groups is 14. The first-order valence-electron chi connectivity index (χ1n) is 28.8. The number of fused-ring (bicyclic) bond motifs is 2. The smallest absolute Gasteiger partial charge is 0.308 e. The normalized spacial score (nSPS) is 40.7. The number of carbonyl (C=O) groups excluding carboxylic acids is 2. The molecule has 472 valence electrons. The Morgan fingerprint density at radius 2 is 1.32 bits per heavy atom. The van der Waals surface area contributed by atoms with Crippen molar-refractivity contribution in [3.8, 4) is 0 Å². The van der Waals surface area contributed by atoms with Crippen LogP contribution in [0.1, 0.15) is 84.8 Å². The molecule has 0 spiro atoms. The lowest BCUT2D eigenvalue weighted by Gasteiger charge is -2.47. The Balaban J connectivity index is 1.43. The van der Waals surface area contributed by atoms with E-state index >= 15 is 0 Å². The summed E-state index contributed by atoms with van der Waals surface area (Å²) in [5.74, 6) is -8.47. The molecule has 1 aromatic rings. The fraction of sp³-hybridized carbons (Fsp3) is 0.650. The van der Waals surface area contributed by atoms with Gasteiger partial charge in [-0.25, -0.2) is 0 Å². The van der Waals surface area contributed by atoms with E-state index in [1.54, 1.807) is 111 Å². The van der Waals surface area contributed by atoms with Crippen LogP contribution in [-0.2, 0) is 39.7 Å². The van der Waals surface area contributed by atoms with E-state index in [1.807, 2.05) is 13.0 Å². The number of rotatable bonds is 9. The van der Waals surface area contributed by atoms with E-state index in [-0.39, 0.29) is 38.1 Å². The highest BCUT2D eigenvalue weighted by Crippen LogP contribution is 2.38. The Bertz CT molecular complexity index is 2360. The number of ether oxygens (including phenoxy) is 5. The quantitative estimate of drug-likeness (QED) is 0.129. The third-order valence-electron chi connectivity index (χ3n) is 15.7. The average molecular weight is 1190 g/mol. The molecule has 5 heterocycles. The lowest BCUT2D eigenvalue weighted by Crippen LogP contribution is -2.69. The SMILES string of the molecule is CC1[C@H](C)OC(=O)C[C@H](O)C[C@H](O)CC[C@@H](O)[C@H](O)C[C@H](O)C[C@]2(O)C[C@H](O)C(C(=O)NCCc3ccccn3)C(C[C@@H](O[C@@H]3O[C@H](C)[C@@H](O)[C@H](NC[C@@]4(O)OC[C@@H](O)[C@@H](O)[C@@H]4O)[C@@H]3O)C=CC=CC=CC=CC=CC=CC=C[C@H](C)[C@H]1O)O2. The highest BCUT2D eigenvalue weighted by Gasteiger charge is 2.53. The molecule has 0 aliphatic carbocycles. The van der Waals surface area contributed by atoms with E-state index in [0.717, 1.165) is 0 Å². The molecule has 23 atom stereocenters. The number of aliphatic hydroxyl groups excluding tert-OH is 12. The molecule has 24 heteroatoms. The number of pyridine rings is 1. The zero-order valence-corrected chi connectivity index (χ0v) is 48.1. The lowest BCUT2D eigenvalue weighted by atomic mass is 9.82. The summed E-state index contributed by atoms with van der Waals surface area (Å²) in [4.78, 5) is 31.2. The van der Waals surface area contributed by atoms with Gasteiger partial charge in [0.05, 0.1) is 98.7 Å². The summed E-state index contributed by atoms with van der Waals surface area (Å²) in [5, 5.41) is 160. The van der Waals surface area contributed by atoms with Gasteiger partial charge in [-0.2, -0.15) is 0 Å². The number of aromatic nitrogens is 1. The van der Waals surface area contributed by atoms with Crippen molar-refractivity contribution < 1.29 is 105 Å². The monoisotopic (exact) mass is 1190 g/mol. The van der Waals surface area contributed by atoms with Crippen LogP contribution in [0.3, 0.4) is 0 Å². The maximum Gasteiger partial charge on any atom is 0.308 e. The number of hydrogen-bond acceptors (Lipinski definition) is 23. The van der Waals surface area contributed by atoms with Gasteiger partial charge in [-0.15, -0.1) is 0 Å². The maximum atomic E-state index is 14.2. The van der Waals surface area contributed by atoms with E-state index in [1.165, 1.54) is 13.0 Å². The van der Waals surface area contributed by atoms with E-state index in [2.05, 4.69) is 15.6 Å². The average Bonchev–Trinajstić information content (AvgIpc) is 1.75. The van der Waals surface area contributed by atoms with Crippen LogP contribution in [0.15, 0.2) is 109 Å². The summed E-state index contributed by atoms with van der Waals surface area (Å²) in [5.41, 5.74) is 0.666. The van der Waals surface area contributed by atoms with Gasteiger partial charge in [0, 0.05) is 62.4 Å². The summed E-state index contributed by atoms with van der Waals surface area (Å²) in [6.45, 7) is 5.54. The highest BCUT2D eigenvalue weighted by molar-refractivity contribution is 5.80. The second kappa shape index (κ2) is 34.2. The highest BCUT2D eigenvalue weighted by atomic mass is 16.7. The molecule has 3 fully saturated rings. The van der Waals surface area contributed by atoms with Gasteiger partial charge >= 0.3 is 5.97 Å². The number of nitrogens with one attached hydrogen (secondary N) is 2. The van der Waals surface area contributed by atoms with E-state index < -0.39 is 184 Å². The van der Waals surface area contributed by atoms with Crippen LogP contribution >= 0.6 is 0 Å². The topological polar surface area (TPSA) is 400 Å². The van der Waals surface area contributed by atoms with Crippen LogP contribution in [0.2, 0.25) is 0 Å². The zero-order valence-electron chi connectivity index (χ0n) is 48.1. The molecule has 3 saturated heterocycles. The van der Waals surface area contributed by atoms with Crippen LogP contribution in [0.25, 0.3) is 0 Å². The number of hydrogen-bond donors (Lipinski definition) is 16. The predicted octanol–water partition coefficient (Wildman–Crippen LogP) is -1.19. The molecule has 24 nitrogen and oxygen atoms in total. The number of amides is 1. The van der Waals surface area contributed by atoms with Gasteiger partial charge in [0.1, 0.15) is 30.5 Å². The molecule has 4 aliphatic heterocycles. The first kappa shape index (κ1) is 70.3. The van der Waals surface area contributed by atoms with Crippen molar-refractivity contribution in [3.63, 3.8) is 0 Å². The molecule has 0 radical (unpaired) electrons. The molecule has 0 aromatic carbocycles. The number of carbonyl (C=O) groups is 2. The first-order valence-corrected chi connectivity index (χ1v) is 28.8. The molecule has 84 heavy (non-hydrogen) atoms. The number of nitrogens with zero attached hydrogens (tertiary/aromatic N) is 1. The van der Waals surface area contributed by atoms with Gasteiger partial charge in [-0.05, 0) is 45.2 Å². The van der Waals surface area contributed by atoms with Crippen molar-refractivity contribution in [3.05, 3.63) is 115 Å². The van der Waals surface area contributed by atoms with Gasteiger partial charge in [-0.1, -0.05) is 105 Å². The van der Waals surface area contributed by atoms with Crippen LogP contribution < -0.4 is 10.6 Å². The van der Waals surface area contributed by atoms with Gasteiger partial charge in [0.25, 0.3) is 0 Å². The molecule has 5 rings (SSSR count). The lowest BCUT2D eigenvalue weighted by molar-refractivity contribution is -0.323. The molecule has 1 amide bonds. The minimum atomic E-state index is -2.47. The largest absolute Gasteiger partial charge is 0.462 e. The second-order valence-electron chi connectivity index (χ2n) is 22.6. The third kappa shape index (κ3) is 21.7. The fourth-order valence-corrected chi connectivity index (χ4v) is 10.5. The van der Waals surface area contributed by atoms with Crippen LogP contribution in [0.4, 0.5) is 0 Å². The fourth-order valence-electron chi connectivity index (χ4n) is 10.5.